The van der Waals surface area contributed by atoms with E-state index in [0.717, 1.165) is 23.7 Å². The van der Waals surface area contributed by atoms with E-state index in [0.29, 0.717) is 18.0 Å². The summed E-state index contributed by atoms with van der Waals surface area (Å²) in [7, 11) is 0. The smallest absolute Gasteiger partial charge is 0.255 e. The number of benzene rings is 1. The van der Waals surface area contributed by atoms with Crippen LogP contribution in [0.1, 0.15) is 35.7 Å². The third kappa shape index (κ3) is 4.69. The van der Waals surface area contributed by atoms with Gasteiger partial charge in [-0.3, -0.25) is 4.79 Å². The minimum atomic E-state index is -0.209. The van der Waals surface area contributed by atoms with Gasteiger partial charge in [-0.25, -0.2) is 0 Å². The number of halogens is 1. The zero-order valence-electron chi connectivity index (χ0n) is 10.9. The quantitative estimate of drug-likeness (QED) is 0.625. The van der Waals surface area contributed by atoms with E-state index < -0.39 is 0 Å². The Balaban J connectivity index is 2.41. The molecule has 0 saturated carbocycles. The summed E-state index contributed by atoms with van der Waals surface area (Å²) >= 11 is 3.43. The van der Waals surface area contributed by atoms with E-state index in [-0.39, 0.29) is 11.7 Å². The van der Waals surface area contributed by atoms with Crippen molar-refractivity contribution in [2.24, 2.45) is 5.92 Å². The number of alkyl halides is 1. The molecular weight excluding hydrogens is 294 g/mol. The molecule has 3 nitrogen and oxygen atoms in total. The van der Waals surface area contributed by atoms with E-state index in [1.165, 1.54) is 0 Å². The van der Waals surface area contributed by atoms with Crippen LogP contribution in [0.3, 0.4) is 0 Å². The average molecular weight is 314 g/mol. The Hall–Kier alpha value is -1.03. The van der Waals surface area contributed by atoms with Gasteiger partial charge in [0.15, 0.2) is 0 Å². The van der Waals surface area contributed by atoms with Gasteiger partial charge < -0.3 is 10.4 Å². The molecule has 0 aliphatic rings. The predicted octanol–water partition coefficient (Wildman–Crippen LogP) is 3.24. The molecule has 1 unspecified atom stereocenters. The number of carbonyl (C=O) groups is 1. The number of carbonyl (C=O) groups excluding carboxylic acids is 1. The average Bonchev–Trinajstić information content (AvgIpc) is 2.34. The van der Waals surface area contributed by atoms with Gasteiger partial charge in [0.1, 0.15) is 5.75 Å². The molecule has 1 atom stereocenters. The third-order valence-electron chi connectivity index (χ3n) is 2.82. The molecule has 100 valence electrons. The van der Waals surface area contributed by atoms with Gasteiger partial charge in [0.2, 0.25) is 0 Å². The molecule has 0 heterocycles. The molecule has 4 heteroatoms. The Labute approximate surface area is 117 Å². The van der Waals surface area contributed by atoms with Crippen LogP contribution in [0.25, 0.3) is 0 Å². The van der Waals surface area contributed by atoms with Gasteiger partial charge in [0.25, 0.3) is 5.91 Å². The fraction of sp³-hybridized carbons (Fsp3) is 0.500. The van der Waals surface area contributed by atoms with Crippen LogP contribution in [0.5, 0.6) is 5.75 Å². The van der Waals surface area contributed by atoms with Gasteiger partial charge in [-0.1, -0.05) is 28.9 Å². The Kier molecular flexibility index (Phi) is 6.19. The summed E-state index contributed by atoms with van der Waals surface area (Å²) in [5.74, 6) is 0.454. The summed E-state index contributed by atoms with van der Waals surface area (Å²) in [4.78, 5) is 11.8. The molecule has 0 aliphatic carbocycles. The second-order valence-electron chi connectivity index (χ2n) is 4.68. The monoisotopic (exact) mass is 313 g/mol. The van der Waals surface area contributed by atoms with Crippen molar-refractivity contribution in [2.75, 3.05) is 11.9 Å². The normalized spacial score (nSPS) is 12.2. The van der Waals surface area contributed by atoms with E-state index in [9.17, 15) is 9.90 Å². The topological polar surface area (TPSA) is 49.3 Å². The number of nitrogens with one attached hydrogen (secondary N) is 1. The van der Waals surface area contributed by atoms with E-state index in [2.05, 4.69) is 28.2 Å². The number of amides is 1. The van der Waals surface area contributed by atoms with Crippen molar-refractivity contribution < 1.29 is 9.90 Å². The maximum absolute atomic E-state index is 11.8. The number of aryl methyl sites for hydroxylation is 1. The molecule has 0 saturated heterocycles. The minimum Gasteiger partial charge on any atom is -0.507 e. The zero-order chi connectivity index (χ0) is 13.5. The van der Waals surface area contributed by atoms with Crippen LogP contribution >= 0.6 is 15.9 Å². The molecule has 0 bridgehead atoms. The predicted molar refractivity (Wildman–Crippen MR) is 77.4 cm³/mol. The maximum atomic E-state index is 11.8. The number of hydrogen-bond donors (Lipinski definition) is 2. The van der Waals surface area contributed by atoms with Crippen LogP contribution in [0.15, 0.2) is 18.2 Å². The molecule has 0 aromatic heterocycles. The van der Waals surface area contributed by atoms with Gasteiger partial charge in [-0.2, -0.15) is 0 Å². The molecule has 0 radical (unpaired) electrons. The minimum absolute atomic E-state index is 0.0429. The van der Waals surface area contributed by atoms with E-state index in [1.54, 1.807) is 12.1 Å². The number of rotatable bonds is 6. The van der Waals surface area contributed by atoms with Crippen molar-refractivity contribution in [3.63, 3.8) is 0 Å². The highest BCUT2D eigenvalue weighted by Crippen LogP contribution is 2.18. The highest BCUT2D eigenvalue weighted by atomic mass is 79.9. The largest absolute Gasteiger partial charge is 0.507 e. The van der Waals surface area contributed by atoms with Crippen molar-refractivity contribution in [1.29, 1.82) is 0 Å². The standard InChI is InChI=1S/C14H20BrNO2/c1-10-5-6-12(13(17)8-10)14(18)16-7-3-4-11(2)9-15/h5-6,8,11,17H,3-4,7,9H2,1-2H3,(H,16,18). The SMILES string of the molecule is Cc1ccc(C(=O)NCCCC(C)CBr)c(O)c1. The molecular formula is C14H20BrNO2. The lowest BCUT2D eigenvalue weighted by Crippen LogP contribution is -2.24. The molecule has 1 aromatic rings. The van der Waals surface area contributed by atoms with Crippen LogP contribution in [-0.4, -0.2) is 22.9 Å². The Morgan fingerprint density at radius 1 is 1.50 bits per heavy atom. The number of aromatic hydroxyl groups is 1. The number of phenolic OH excluding ortho intramolecular Hbond substituents is 1. The Morgan fingerprint density at radius 2 is 2.22 bits per heavy atom. The summed E-state index contributed by atoms with van der Waals surface area (Å²) in [6.07, 6.45) is 2.02. The van der Waals surface area contributed by atoms with Crippen molar-refractivity contribution in [1.82, 2.24) is 5.32 Å². The van der Waals surface area contributed by atoms with E-state index in [4.69, 9.17) is 0 Å². The third-order valence-corrected chi connectivity index (χ3v) is 3.93. The maximum Gasteiger partial charge on any atom is 0.255 e. The highest BCUT2D eigenvalue weighted by Gasteiger charge is 2.10. The first kappa shape index (κ1) is 15.0. The first-order valence-corrected chi connectivity index (χ1v) is 7.30. The van der Waals surface area contributed by atoms with Crippen molar-refractivity contribution in [3.05, 3.63) is 29.3 Å². The van der Waals surface area contributed by atoms with Crippen LogP contribution < -0.4 is 5.32 Å². The number of hydrogen-bond acceptors (Lipinski definition) is 2. The molecule has 18 heavy (non-hydrogen) atoms. The Bertz CT molecular complexity index is 407. The zero-order valence-corrected chi connectivity index (χ0v) is 12.5. The Morgan fingerprint density at radius 3 is 2.83 bits per heavy atom. The fourth-order valence-electron chi connectivity index (χ4n) is 1.66. The fourth-order valence-corrected chi connectivity index (χ4v) is 1.98. The summed E-state index contributed by atoms with van der Waals surface area (Å²) in [5.41, 5.74) is 1.28. The first-order valence-electron chi connectivity index (χ1n) is 6.18. The van der Waals surface area contributed by atoms with Crippen molar-refractivity contribution >= 4 is 21.8 Å². The highest BCUT2D eigenvalue weighted by molar-refractivity contribution is 9.09. The second kappa shape index (κ2) is 7.41. The van der Waals surface area contributed by atoms with Crippen LogP contribution in [-0.2, 0) is 0 Å². The molecule has 2 N–H and O–H groups in total. The first-order chi connectivity index (χ1) is 8.54. The van der Waals surface area contributed by atoms with Crippen LogP contribution in [0.2, 0.25) is 0 Å². The lowest BCUT2D eigenvalue weighted by atomic mass is 10.1. The molecule has 1 rings (SSSR count). The lowest BCUT2D eigenvalue weighted by molar-refractivity contribution is 0.0950. The van der Waals surface area contributed by atoms with Crippen molar-refractivity contribution in [2.45, 2.75) is 26.7 Å². The summed E-state index contributed by atoms with van der Waals surface area (Å²) in [5, 5.41) is 13.5. The molecule has 0 fully saturated rings. The van der Waals surface area contributed by atoms with Crippen LogP contribution in [0, 0.1) is 12.8 Å². The summed E-state index contributed by atoms with van der Waals surface area (Å²) < 4.78 is 0. The van der Waals surface area contributed by atoms with Crippen LogP contribution in [0.4, 0.5) is 0 Å². The second-order valence-corrected chi connectivity index (χ2v) is 5.33. The molecule has 0 aliphatic heterocycles. The van der Waals surface area contributed by atoms with Gasteiger partial charge in [-0.15, -0.1) is 0 Å². The van der Waals surface area contributed by atoms with E-state index in [1.807, 2.05) is 13.0 Å². The summed E-state index contributed by atoms with van der Waals surface area (Å²) in [6, 6.07) is 5.07. The molecule has 0 spiro atoms. The van der Waals surface area contributed by atoms with E-state index >= 15 is 0 Å². The van der Waals surface area contributed by atoms with Gasteiger partial charge in [0, 0.05) is 11.9 Å². The lowest BCUT2D eigenvalue weighted by Gasteiger charge is -2.09. The molecule has 1 amide bonds. The van der Waals surface area contributed by atoms with Gasteiger partial charge in [0.05, 0.1) is 5.56 Å². The molecule has 1 aromatic carbocycles. The summed E-state index contributed by atoms with van der Waals surface area (Å²) in [6.45, 7) is 4.69. The number of phenols is 1. The van der Waals surface area contributed by atoms with Crippen molar-refractivity contribution in [3.8, 4) is 5.75 Å². The van der Waals surface area contributed by atoms with Gasteiger partial charge in [-0.05, 0) is 43.4 Å². The van der Waals surface area contributed by atoms with Gasteiger partial charge >= 0.3 is 0 Å².